The monoisotopic (exact) mass is 1860 g/mol. The zero-order valence-corrected chi connectivity index (χ0v) is 77.0. The van der Waals surface area contributed by atoms with Crippen LogP contribution < -0.4 is 28.7 Å². The van der Waals surface area contributed by atoms with Crippen molar-refractivity contribution >= 4 is 196 Å². The standard InChI is InChI=1S/C20H24BrN5O3.C20H24ClN5O3.C18H19N7O.C17H19N7.C16H17N7/c2*1-4-25(12(2)27)11-16-24-18-19(26(16)9-5-6-17(28)29-3)14-8-7-13(21)10-15(14)23-20(18)22;1-3-25(10(2)26)9-15-22-16-12-5-4-11(13-6-7-20-24-13)8-14(12)21-18(19)17(16)23-15;1-3-24(2)9-14-21-15-11-5-4-10(12-6-7-19-23-12)8-13(11)20-17(18)16(15)22-14;1-23(2)8-13-20-14-10-4-3-9(11-5-6-18-22-11)7-12(10)19-16(17)15(14)21-13/h2*7-8,10H,4-6,9,11H2,1-3H3,(H2,22,23);4-8H,3,9H2,1-2H3,(H2,19,21)(H,20,24)(H,22,23);4-8H,3,9H2,1-2H3,(H2,18,20)(H,19,23)(H,21,22);3-7H,8H2,1-2H3,(H2,17,19)(H,18,22)(H,20,21). The molecule has 0 radical (unpaired) electrons. The number of anilines is 5. The third kappa shape index (κ3) is 20.7. The summed E-state index contributed by atoms with van der Waals surface area (Å²) in [6, 6.07) is 35.1. The van der Waals surface area contributed by atoms with Crippen LogP contribution in [0, 0.1) is 0 Å². The number of amides is 3. The predicted octanol–water partition coefficient (Wildman–Crippen LogP) is 13.5. The maximum atomic E-state index is 12.0. The van der Waals surface area contributed by atoms with Gasteiger partial charge in [0, 0.05) is 138 Å². The molecule has 0 saturated heterocycles. The molecule has 0 aliphatic heterocycles. The number of nitrogens with one attached hydrogen (secondary N) is 6. The Labute approximate surface area is 764 Å². The second-order valence-corrected chi connectivity index (χ2v) is 32.8. The van der Waals surface area contributed by atoms with Crippen LogP contribution in [0.1, 0.15) is 103 Å². The molecule has 0 unspecified atom stereocenters. The molecule has 38 nitrogen and oxygen atoms in total. The van der Waals surface area contributed by atoms with E-state index in [2.05, 4.69) is 115 Å². The number of esters is 2. The number of nitrogens with zero attached hydrogens (tertiary/aromatic N) is 20. The van der Waals surface area contributed by atoms with Crippen LogP contribution in [-0.2, 0) is 79.3 Å². The summed E-state index contributed by atoms with van der Waals surface area (Å²) in [4.78, 5) is 124. The summed E-state index contributed by atoms with van der Waals surface area (Å²) >= 11 is 9.60. The van der Waals surface area contributed by atoms with Crippen molar-refractivity contribution in [1.82, 2.24) is 129 Å². The van der Waals surface area contributed by atoms with Crippen molar-refractivity contribution in [3.8, 4) is 33.8 Å². The first-order valence-electron chi connectivity index (χ1n) is 42.5. The molecule has 3 amide bonds. The molecule has 0 aliphatic carbocycles. The number of fused-ring (bicyclic) bond motifs is 15. The number of methoxy groups -OCH3 is 2. The van der Waals surface area contributed by atoms with Crippen LogP contribution >= 0.6 is 27.5 Å². The number of benzene rings is 5. The number of carbonyl (C=O) groups excluding carboxylic acids is 5. The van der Waals surface area contributed by atoms with Crippen molar-refractivity contribution in [2.45, 2.75) is 120 Å². The first kappa shape index (κ1) is 92.4. The highest BCUT2D eigenvalue weighted by atomic mass is 79.9. The predicted molar refractivity (Wildman–Crippen MR) is 514 cm³/mol. The van der Waals surface area contributed by atoms with Gasteiger partial charge in [0.1, 0.15) is 90.7 Å². The zero-order chi connectivity index (χ0) is 93.2. The minimum Gasteiger partial charge on any atom is -0.469 e. The Morgan fingerprint density at radius 2 is 0.756 bits per heavy atom. The van der Waals surface area contributed by atoms with E-state index >= 15 is 0 Å². The average Bonchev–Trinajstić information content (AvgIpc) is 1.60. The van der Waals surface area contributed by atoms with Crippen molar-refractivity contribution in [2.75, 3.05) is 90.2 Å². The van der Waals surface area contributed by atoms with Gasteiger partial charge in [-0.1, -0.05) is 52.7 Å². The van der Waals surface area contributed by atoms with Crippen molar-refractivity contribution in [3.63, 3.8) is 0 Å². The SMILES string of the molecule is CCN(C)Cc1nc2c([nH]1)c(N)nc1cc(-c3ccn[nH]3)ccc12.CCN(Cc1nc2c(N)nc3cc(Br)ccc3c2n1CCCC(=O)OC)C(C)=O.CCN(Cc1nc2c(N)nc3cc(Cl)ccc3c2n1CCCC(=O)OC)C(C)=O.CCN(Cc1nc2c([nH]1)c(N)nc1cc(-c3ccn[nH]3)ccc12)C(C)=O.CN(C)Cc1nc2c([nH]1)c(N)nc1cc(-c3ccn[nH]3)ccc12. The van der Waals surface area contributed by atoms with Gasteiger partial charge < -0.3 is 81.8 Å². The number of ether oxygens (including phenoxy) is 2. The summed E-state index contributed by atoms with van der Waals surface area (Å²) in [7, 11) is 8.82. The molecule has 13 aromatic heterocycles. The molecule has 0 aliphatic rings. The van der Waals surface area contributed by atoms with Crippen LogP contribution in [0.3, 0.4) is 0 Å². The molecule has 18 rings (SSSR count). The summed E-state index contributed by atoms with van der Waals surface area (Å²) in [5, 5.41) is 26.1. The van der Waals surface area contributed by atoms with Gasteiger partial charge in [-0.2, -0.15) is 15.3 Å². The van der Waals surface area contributed by atoms with Crippen LogP contribution in [0.25, 0.3) is 143 Å². The van der Waals surface area contributed by atoms with E-state index in [1.165, 1.54) is 28.1 Å². The number of halogens is 2. The number of H-pyrrole nitrogens is 6. The minimum atomic E-state index is -0.271. The topological polar surface area (TPSA) is 522 Å². The van der Waals surface area contributed by atoms with Gasteiger partial charge in [-0.05, 0) is 152 Å². The van der Waals surface area contributed by atoms with Crippen LogP contribution in [0.5, 0.6) is 0 Å². The lowest BCUT2D eigenvalue weighted by Crippen LogP contribution is -2.29. The largest absolute Gasteiger partial charge is 0.469 e. The molecule has 0 saturated carbocycles. The lowest BCUT2D eigenvalue weighted by atomic mass is 10.1. The minimum absolute atomic E-state index is 0.00751. The maximum absolute atomic E-state index is 12.0. The van der Waals surface area contributed by atoms with Gasteiger partial charge >= 0.3 is 11.9 Å². The first-order chi connectivity index (χ1) is 63.0. The molecule has 18 aromatic rings. The van der Waals surface area contributed by atoms with E-state index in [1.54, 1.807) is 52.3 Å². The third-order valence-electron chi connectivity index (χ3n) is 22.3. The molecule has 678 valence electrons. The lowest BCUT2D eigenvalue weighted by Gasteiger charge is -2.19. The molecule has 131 heavy (non-hydrogen) atoms. The molecule has 0 fully saturated rings. The molecule has 5 aromatic carbocycles. The van der Waals surface area contributed by atoms with Crippen molar-refractivity contribution < 1.29 is 33.4 Å². The van der Waals surface area contributed by atoms with E-state index in [0.29, 0.717) is 145 Å². The van der Waals surface area contributed by atoms with Gasteiger partial charge in [-0.3, -0.25) is 44.2 Å². The second-order valence-electron chi connectivity index (χ2n) is 31.4. The fourth-order valence-electron chi connectivity index (χ4n) is 15.5. The quantitative estimate of drug-likeness (QED) is 0.0237. The van der Waals surface area contributed by atoms with Crippen molar-refractivity contribution in [2.24, 2.45) is 0 Å². The summed E-state index contributed by atoms with van der Waals surface area (Å²) in [5.74, 6) is 5.24. The van der Waals surface area contributed by atoms with E-state index in [4.69, 9.17) is 69.7 Å². The van der Waals surface area contributed by atoms with E-state index in [0.717, 1.165) is 157 Å². The third-order valence-corrected chi connectivity index (χ3v) is 23.1. The van der Waals surface area contributed by atoms with E-state index in [1.807, 2.05) is 141 Å². The number of hydrogen-bond donors (Lipinski definition) is 11. The average molecular weight is 1860 g/mol. The van der Waals surface area contributed by atoms with Gasteiger partial charge in [0.2, 0.25) is 17.7 Å². The lowest BCUT2D eigenvalue weighted by molar-refractivity contribution is -0.141. The van der Waals surface area contributed by atoms with Crippen LogP contribution in [0.2, 0.25) is 5.02 Å². The van der Waals surface area contributed by atoms with Gasteiger partial charge in [0.15, 0.2) is 11.6 Å². The van der Waals surface area contributed by atoms with Gasteiger partial charge in [-0.15, -0.1) is 0 Å². The first-order valence-corrected chi connectivity index (χ1v) is 43.7. The van der Waals surface area contributed by atoms with Gasteiger partial charge in [0.25, 0.3) is 0 Å². The number of nitrogen functional groups attached to an aromatic ring is 5. The highest BCUT2D eigenvalue weighted by Gasteiger charge is 2.25. The second kappa shape index (κ2) is 40.7. The molecule has 13 heterocycles. The summed E-state index contributed by atoms with van der Waals surface area (Å²) in [6.07, 6.45) is 6.89. The molecule has 16 N–H and O–H groups in total. The smallest absolute Gasteiger partial charge is 0.305 e. The normalized spacial score (nSPS) is 11.4. The number of aromatic nitrogens is 21. The van der Waals surface area contributed by atoms with Gasteiger partial charge in [-0.25, -0.2) is 49.8 Å². The molecule has 40 heteroatoms. The zero-order valence-electron chi connectivity index (χ0n) is 74.7. The Bertz CT molecular complexity index is 7060. The van der Waals surface area contributed by atoms with Crippen LogP contribution in [0.4, 0.5) is 29.1 Å². The molecular weight excluding hydrogens is 1750 g/mol. The number of imidazole rings is 5. The summed E-state index contributed by atoms with van der Waals surface area (Å²) in [5.41, 5.74) is 48.1. The molecule has 0 spiro atoms. The Morgan fingerprint density at radius 3 is 1.11 bits per heavy atom. The van der Waals surface area contributed by atoms with Crippen LogP contribution in [0.15, 0.2) is 132 Å². The van der Waals surface area contributed by atoms with E-state index < -0.39 is 0 Å². The fourth-order valence-corrected chi connectivity index (χ4v) is 16.0. The van der Waals surface area contributed by atoms with Crippen LogP contribution in [-0.4, -0.2) is 220 Å². The number of pyridine rings is 5. The molecule has 0 bridgehead atoms. The van der Waals surface area contributed by atoms with E-state index in [-0.39, 0.29) is 36.1 Å². The Morgan fingerprint density at radius 1 is 0.405 bits per heavy atom. The number of aryl methyl sites for hydroxylation is 2. The maximum Gasteiger partial charge on any atom is 0.305 e. The summed E-state index contributed by atoms with van der Waals surface area (Å²) < 4.78 is 14.4. The number of nitrogens with two attached hydrogens (primary N) is 5. The summed E-state index contributed by atoms with van der Waals surface area (Å²) in [6.45, 7) is 18.9. The number of aromatic amines is 6. The van der Waals surface area contributed by atoms with E-state index in [9.17, 15) is 24.0 Å². The van der Waals surface area contributed by atoms with Crippen molar-refractivity contribution in [1.29, 1.82) is 0 Å². The fraction of sp³-hybridized carbons (Fsp3) is 0.297. The number of rotatable bonds is 25. The Kier molecular flexibility index (Phi) is 28.7. The van der Waals surface area contributed by atoms with Crippen molar-refractivity contribution in [3.05, 3.63) is 166 Å². The highest BCUT2D eigenvalue weighted by molar-refractivity contribution is 9.10. The number of hydrogen-bond acceptors (Lipinski definition) is 27. The Balaban J connectivity index is 0.000000132. The number of carbonyl (C=O) groups is 5. The van der Waals surface area contributed by atoms with Gasteiger partial charge in [0.05, 0.1) is 103 Å². The molecule has 0 atom stereocenters. The Hall–Kier alpha value is -14.8. The highest BCUT2D eigenvalue weighted by Crippen LogP contribution is 2.37. The molecular formula is C91H103BrClN31O7.